The first-order valence-corrected chi connectivity index (χ1v) is 12.6. The highest BCUT2D eigenvalue weighted by atomic mass is 32.1. The Morgan fingerprint density at radius 2 is 1.84 bits per heavy atom. The number of ketones is 1. The molecular formula is C27H29FN4O5S. The minimum absolute atomic E-state index is 0.275. The second-order valence-electron chi connectivity index (χ2n) is 8.93. The number of piperazine rings is 1. The molecule has 0 spiro atoms. The molecule has 2 heterocycles. The first-order valence-electron chi connectivity index (χ1n) is 12.2. The summed E-state index contributed by atoms with van der Waals surface area (Å²) in [4.78, 5) is 42.7. The summed E-state index contributed by atoms with van der Waals surface area (Å²) in [5, 5.41) is 2.97. The van der Waals surface area contributed by atoms with Crippen molar-refractivity contribution in [2.45, 2.75) is 13.0 Å². The fraction of sp³-hybridized carbons (Fsp3) is 0.333. The van der Waals surface area contributed by atoms with Gasteiger partial charge in [0.1, 0.15) is 17.7 Å². The molecule has 0 aromatic heterocycles. The fourth-order valence-electron chi connectivity index (χ4n) is 4.29. The van der Waals surface area contributed by atoms with Crippen LogP contribution in [0.25, 0.3) is 0 Å². The molecule has 2 aliphatic heterocycles. The van der Waals surface area contributed by atoms with Crippen molar-refractivity contribution < 1.29 is 28.2 Å². The Balaban J connectivity index is 1.31. The van der Waals surface area contributed by atoms with Crippen LogP contribution in [0.3, 0.4) is 0 Å². The van der Waals surface area contributed by atoms with E-state index in [1.54, 1.807) is 55.3 Å². The topological polar surface area (TPSA) is 91.4 Å². The average molecular weight is 541 g/mol. The molecule has 0 aliphatic carbocycles. The van der Waals surface area contributed by atoms with Gasteiger partial charge in [-0.15, -0.1) is 0 Å². The lowest BCUT2D eigenvalue weighted by molar-refractivity contribution is -0.126. The number of hydrogen-bond acceptors (Lipinski definition) is 7. The van der Waals surface area contributed by atoms with Crippen LogP contribution in [0, 0.1) is 5.82 Å². The summed E-state index contributed by atoms with van der Waals surface area (Å²) in [6, 6.07) is 11.3. The maximum absolute atomic E-state index is 15.1. The molecular weight excluding hydrogens is 511 g/mol. The number of halogens is 1. The van der Waals surface area contributed by atoms with Crippen molar-refractivity contribution in [2.24, 2.45) is 0 Å². The monoisotopic (exact) mass is 540 g/mol. The SMILES string of the molecule is COc1ccc(C(=O)C=CC(=O)N2CCN(c3ccc(N4C[C@H](CNC(C)=S)OC4=O)cc3F)CC2)cc1. The third-order valence-electron chi connectivity index (χ3n) is 6.38. The van der Waals surface area contributed by atoms with E-state index >= 15 is 4.39 Å². The van der Waals surface area contributed by atoms with Crippen LogP contribution in [0.1, 0.15) is 17.3 Å². The van der Waals surface area contributed by atoms with Gasteiger partial charge in [0.25, 0.3) is 0 Å². The zero-order valence-electron chi connectivity index (χ0n) is 21.2. The summed E-state index contributed by atoms with van der Waals surface area (Å²) in [5.41, 5.74) is 1.27. The zero-order chi connectivity index (χ0) is 27.2. The number of allylic oxidation sites excluding steroid dienone is 1. The summed E-state index contributed by atoms with van der Waals surface area (Å²) in [6.07, 6.45) is 1.62. The summed E-state index contributed by atoms with van der Waals surface area (Å²) in [7, 11) is 1.54. The third-order valence-corrected chi connectivity index (χ3v) is 6.52. The Morgan fingerprint density at radius 1 is 1.13 bits per heavy atom. The Labute approximate surface area is 225 Å². The van der Waals surface area contributed by atoms with Gasteiger partial charge < -0.3 is 24.6 Å². The van der Waals surface area contributed by atoms with E-state index in [2.05, 4.69) is 5.32 Å². The zero-order valence-corrected chi connectivity index (χ0v) is 22.0. The second-order valence-corrected chi connectivity index (χ2v) is 9.54. The molecule has 0 radical (unpaired) electrons. The van der Waals surface area contributed by atoms with Crippen molar-refractivity contribution >= 4 is 46.4 Å². The van der Waals surface area contributed by atoms with Crippen LogP contribution in [-0.4, -0.2) is 80.2 Å². The number of carbonyl (C=O) groups is 3. The molecule has 1 N–H and O–H groups in total. The highest BCUT2D eigenvalue weighted by Gasteiger charge is 2.33. The van der Waals surface area contributed by atoms with Crippen molar-refractivity contribution in [3.05, 3.63) is 66.0 Å². The van der Waals surface area contributed by atoms with Crippen LogP contribution < -0.4 is 19.9 Å². The van der Waals surface area contributed by atoms with Crippen LogP contribution in [0.4, 0.5) is 20.6 Å². The minimum Gasteiger partial charge on any atom is -0.497 e. The maximum atomic E-state index is 15.1. The summed E-state index contributed by atoms with van der Waals surface area (Å²) in [6.45, 7) is 4.06. The third kappa shape index (κ3) is 6.46. The number of rotatable bonds is 8. The Hall–Kier alpha value is -3.99. The molecule has 0 unspecified atom stereocenters. The number of amides is 2. The molecule has 2 aromatic carbocycles. The lowest BCUT2D eigenvalue weighted by Gasteiger charge is -2.36. The van der Waals surface area contributed by atoms with Crippen LogP contribution >= 0.6 is 12.2 Å². The quantitative estimate of drug-likeness (QED) is 0.310. The molecule has 38 heavy (non-hydrogen) atoms. The second kappa shape index (κ2) is 12.0. The number of carbonyl (C=O) groups excluding carboxylic acids is 3. The van der Waals surface area contributed by atoms with Gasteiger partial charge in [-0.2, -0.15) is 0 Å². The number of methoxy groups -OCH3 is 1. The van der Waals surface area contributed by atoms with E-state index in [0.717, 1.165) is 0 Å². The van der Waals surface area contributed by atoms with Crippen molar-refractivity contribution in [3.8, 4) is 5.75 Å². The molecule has 4 rings (SSSR count). The van der Waals surface area contributed by atoms with Gasteiger partial charge >= 0.3 is 6.09 Å². The first-order chi connectivity index (χ1) is 18.2. The molecule has 11 heteroatoms. The van der Waals surface area contributed by atoms with E-state index in [-0.39, 0.29) is 17.8 Å². The predicted octanol–water partition coefficient (Wildman–Crippen LogP) is 3.18. The molecule has 2 aliphatic rings. The lowest BCUT2D eigenvalue weighted by atomic mass is 10.1. The molecule has 2 aromatic rings. The number of nitrogens with one attached hydrogen (secondary N) is 1. The van der Waals surface area contributed by atoms with Crippen molar-refractivity contribution in [2.75, 3.05) is 56.2 Å². The molecule has 2 fully saturated rings. The normalized spacial score (nSPS) is 17.5. The lowest BCUT2D eigenvalue weighted by Crippen LogP contribution is -2.48. The van der Waals surface area contributed by atoms with E-state index in [1.807, 2.05) is 4.90 Å². The number of cyclic esters (lactones) is 1. The summed E-state index contributed by atoms with van der Waals surface area (Å²) >= 11 is 4.98. The van der Waals surface area contributed by atoms with Gasteiger partial charge in [0.2, 0.25) is 5.91 Å². The molecule has 1 atom stereocenters. The number of benzene rings is 2. The fourth-order valence-corrected chi connectivity index (χ4v) is 4.37. The minimum atomic E-state index is -0.531. The van der Waals surface area contributed by atoms with Gasteiger partial charge in [-0.05, 0) is 55.5 Å². The van der Waals surface area contributed by atoms with E-state index in [0.29, 0.717) is 66.9 Å². The highest BCUT2D eigenvalue weighted by Crippen LogP contribution is 2.28. The van der Waals surface area contributed by atoms with Gasteiger partial charge in [-0.3, -0.25) is 14.5 Å². The average Bonchev–Trinajstić information content (AvgIpc) is 3.30. The van der Waals surface area contributed by atoms with E-state index < -0.39 is 11.9 Å². The summed E-state index contributed by atoms with van der Waals surface area (Å²) < 4.78 is 25.5. The summed E-state index contributed by atoms with van der Waals surface area (Å²) in [5.74, 6) is -0.373. The number of thiocarbonyl (C=S) groups is 1. The molecule has 2 saturated heterocycles. The number of hydrogen-bond donors (Lipinski definition) is 1. The number of ether oxygens (including phenoxy) is 2. The largest absolute Gasteiger partial charge is 0.497 e. The predicted molar refractivity (Wildman–Crippen MR) is 146 cm³/mol. The van der Waals surface area contributed by atoms with Crippen LogP contribution in [0.5, 0.6) is 5.75 Å². The number of nitrogens with zero attached hydrogens (tertiary/aromatic N) is 3. The van der Waals surface area contributed by atoms with Crippen molar-refractivity contribution in [1.29, 1.82) is 0 Å². The molecule has 2 amide bonds. The van der Waals surface area contributed by atoms with Gasteiger partial charge in [-0.25, -0.2) is 9.18 Å². The van der Waals surface area contributed by atoms with E-state index in [4.69, 9.17) is 21.7 Å². The highest BCUT2D eigenvalue weighted by molar-refractivity contribution is 7.80. The maximum Gasteiger partial charge on any atom is 0.414 e. The van der Waals surface area contributed by atoms with Gasteiger partial charge in [0.05, 0.1) is 36.6 Å². The molecule has 9 nitrogen and oxygen atoms in total. The van der Waals surface area contributed by atoms with Gasteiger partial charge in [0, 0.05) is 37.8 Å². The molecule has 0 saturated carbocycles. The molecule has 0 bridgehead atoms. The van der Waals surface area contributed by atoms with E-state index in [9.17, 15) is 14.4 Å². The van der Waals surface area contributed by atoms with Gasteiger partial charge in [0.15, 0.2) is 5.78 Å². The molecule has 200 valence electrons. The van der Waals surface area contributed by atoms with Crippen LogP contribution in [0.15, 0.2) is 54.6 Å². The van der Waals surface area contributed by atoms with Crippen LogP contribution in [-0.2, 0) is 9.53 Å². The van der Waals surface area contributed by atoms with Crippen molar-refractivity contribution in [1.82, 2.24) is 10.2 Å². The Morgan fingerprint density at radius 3 is 2.47 bits per heavy atom. The smallest absolute Gasteiger partial charge is 0.414 e. The van der Waals surface area contributed by atoms with E-state index in [1.165, 1.54) is 23.1 Å². The Kier molecular flexibility index (Phi) is 8.57. The van der Waals surface area contributed by atoms with Crippen LogP contribution in [0.2, 0.25) is 0 Å². The standard InChI is InChI=1S/C27H29FN4O5S/c1-18(38)29-16-22-17-32(27(35)37-22)20-5-8-24(23(28)15-20)30-11-13-31(14-12-30)26(34)10-9-25(33)19-3-6-21(36-2)7-4-19/h3-10,15,22H,11-14,16-17H2,1-2H3,(H,29,38)/t22-/m0/s1. The first kappa shape index (κ1) is 27.1. The Bertz CT molecular complexity index is 1240. The van der Waals surface area contributed by atoms with Gasteiger partial charge in [-0.1, -0.05) is 12.2 Å². The van der Waals surface area contributed by atoms with Crippen molar-refractivity contribution in [3.63, 3.8) is 0 Å². The number of anilines is 2.